The SMILES string of the molecule is CC(C)Nc1nc(-c2cc(O)c3ccc(O)c(Cl)c3c2)cs1.COCCBr.COCCCc1ccc2c(=O)cc(-c3csc(NC(C)C)n3)[nH]c2c1Cl. The van der Waals surface area contributed by atoms with Crippen molar-refractivity contribution in [1.29, 1.82) is 0 Å². The average Bonchev–Trinajstić information content (AvgIpc) is 3.78. The van der Waals surface area contributed by atoms with Crippen molar-refractivity contribution < 1.29 is 19.7 Å². The van der Waals surface area contributed by atoms with E-state index < -0.39 is 0 Å². The molecule has 6 aromatic rings. The van der Waals surface area contributed by atoms with Crippen LogP contribution in [0.2, 0.25) is 10.0 Å². The Balaban J connectivity index is 0.000000212. The summed E-state index contributed by atoms with van der Waals surface area (Å²) < 4.78 is 9.75. The highest BCUT2D eigenvalue weighted by Crippen LogP contribution is 2.39. The molecule has 0 spiro atoms. The molecule has 0 saturated heterocycles. The Morgan fingerprint density at radius 2 is 1.43 bits per heavy atom. The Hall–Kier alpha value is -3.43. The largest absolute Gasteiger partial charge is 0.507 e. The van der Waals surface area contributed by atoms with E-state index in [1.165, 1.54) is 28.7 Å². The Bertz CT molecular complexity index is 2170. The minimum Gasteiger partial charge on any atom is -0.507 e. The third kappa shape index (κ3) is 11.5. The van der Waals surface area contributed by atoms with E-state index in [9.17, 15) is 15.0 Å². The fraction of sp³-hybridized carbons (Fsp3) is 0.342. The number of nitrogens with zero attached hydrogens (tertiary/aromatic N) is 2. The normalized spacial score (nSPS) is 11.1. The summed E-state index contributed by atoms with van der Waals surface area (Å²) in [6.07, 6.45) is 1.68. The molecule has 3 aromatic carbocycles. The zero-order valence-electron chi connectivity index (χ0n) is 30.4. The predicted molar refractivity (Wildman–Crippen MR) is 227 cm³/mol. The molecule has 5 N–H and O–H groups in total. The highest BCUT2D eigenvalue weighted by molar-refractivity contribution is 9.09. The van der Waals surface area contributed by atoms with Crippen molar-refractivity contribution in [2.24, 2.45) is 0 Å². The number of thiazole rings is 2. The van der Waals surface area contributed by atoms with Gasteiger partial charge in [-0.1, -0.05) is 45.2 Å². The number of fused-ring (bicyclic) bond motifs is 2. The van der Waals surface area contributed by atoms with Crippen molar-refractivity contribution in [1.82, 2.24) is 15.0 Å². The van der Waals surface area contributed by atoms with Gasteiger partial charge in [-0.2, -0.15) is 0 Å². The zero-order chi connectivity index (χ0) is 38.7. The van der Waals surface area contributed by atoms with Crippen molar-refractivity contribution in [3.8, 4) is 34.1 Å². The summed E-state index contributed by atoms with van der Waals surface area (Å²) in [4.78, 5) is 24.9. The third-order valence-electron chi connectivity index (χ3n) is 7.53. The van der Waals surface area contributed by atoms with Gasteiger partial charge in [-0.3, -0.25) is 4.79 Å². The van der Waals surface area contributed by atoms with E-state index in [0.29, 0.717) is 51.1 Å². The summed E-state index contributed by atoms with van der Waals surface area (Å²) in [5.74, 6) is 0.104. The van der Waals surface area contributed by atoms with Crippen LogP contribution in [0.15, 0.2) is 58.0 Å². The number of H-pyrrole nitrogens is 1. The number of phenolic OH excluding ortho intramolecular Hbond substituents is 2. The van der Waals surface area contributed by atoms with Crippen LogP contribution in [0, 0.1) is 0 Å². The molecular formula is C38H44BrCl2N5O5S2. The number of hydrogen-bond donors (Lipinski definition) is 5. The number of pyridine rings is 1. The zero-order valence-corrected chi connectivity index (χ0v) is 35.1. The molecule has 0 aliphatic rings. The molecular weight excluding hydrogens is 821 g/mol. The first kappa shape index (κ1) is 42.3. The van der Waals surface area contributed by atoms with Crippen molar-refractivity contribution >= 4 is 93.7 Å². The number of anilines is 2. The fourth-order valence-electron chi connectivity index (χ4n) is 5.09. The Labute approximate surface area is 335 Å². The van der Waals surface area contributed by atoms with E-state index in [2.05, 4.69) is 60.1 Å². The van der Waals surface area contributed by atoms with Gasteiger partial charge in [0.2, 0.25) is 0 Å². The monoisotopic (exact) mass is 863 g/mol. The van der Waals surface area contributed by atoms with Crippen molar-refractivity contribution in [2.45, 2.75) is 52.6 Å². The first-order chi connectivity index (χ1) is 25.4. The summed E-state index contributed by atoms with van der Waals surface area (Å²) >= 11 is 18.9. The van der Waals surface area contributed by atoms with Crippen LogP contribution in [0.1, 0.15) is 39.7 Å². The first-order valence-corrected chi connectivity index (χ1v) is 20.5. The van der Waals surface area contributed by atoms with Crippen LogP contribution in [0.3, 0.4) is 0 Å². The minimum absolute atomic E-state index is 0.00819. The summed E-state index contributed by atoms with van der Waals surface area (Å²) in [5.41, 5.74) is 4.52. The lowest BCUT2D eigenvalue weighted by atomic mass is 10.0. The lowest BCUT2D eigenvalue weighted by Gasteiger charge is -2.09. The average molecular weight is 866 g/mol. The topological polar surface area (TPSA) is 142 Å². The van der Waals surface area contributed by atoms with Crippen LogP contribution in [-0.2, 0) is 15.9 Å². The second-order valence-corrected chi connectivity index (χ2v) is 15.7. The molecule has 0 radical (unpaired) electrons. The Morgan fingerprint density at radius 3 is 2.04 bits per heavy atom. The van der Waals surface area contributed by atoms with E-state index in [1.807, 2.05) is 42.8 Å². The van der Waals surface area contributed by atoms with Crippen molar-refractivity contribution in [3.05, 3.63) is 79.1 Å². The second kappa shape index (κ2) is 20.3. The maximum absolute atomic E-state index is 12.5. The number of alkyl halides is 1. The molecule has 6 rings (SSSR count). The molecule has 53 heavy (non-hydrogen) atoms. The molecule has 0 aliphatic carbocycles. The standard InChI is InChI=1S/C19H22ClN3O2S.C16H15ClN2O2S.C3H7BrO/c1-11(2)21-19-23-15(10-26-19)14-9-16(24)13-7-6-12(5-4-8-25-3)17(20)18(13)22-14;1-8(2)18-16-19-12(7-22-16)9-5-11-10(14(21)6-9)3-4-13(20)15(11)17;1-5-3-2-4/h6-7,9-11H,4-5,8H2,1-3H3,(H,21,23)(H,22,24);3-8,20-21H,1-2H3,(H,18,19);2-3H2,1H3. The molecule has 0 fully saturated rings. The molecule has 0 amide bonds. The molecule has 0 atom stereocenters. The Kier molecular flexibility index (Phi) is 16.2. The molecule has 3 heterocycles. The van der Waals surface area contributed by atoms with E-state index >= 15 is 0 Å². The van der Waals surface area contributed by atoms with Gasteiger partial charge in [-0.25, -0.2) is 9.97 Å². The van der Waals surface area contributed by atoms with Crippen molar-refractivity contribution in [3.63, 3.8) is 0 Å². The van der Waals surface area contributed by atoms with Gasteiger partial charge in [-0.15, -0.1) is 22.7 Å². The van der Waals surface area contributed by atoms with Crippen LogP contribution in [-0.4, -0.2) is 70.0 Å². The number of nitrogens with one attached hydrogen (secondary N) is 3. The number of aromatic amines is 1. The number of rotatable bonds is 12. The number of aromatic hydroxyl groups is 2. The van der Waals surface area contributed by atoms with Gasteiger partial charge in [0.05, 0.1) is 39.3 Å². The quantitative estimate of drug-likeness (QED) is 0.0600. The van der Waals surface area contributed by atoms with E-state index in [-0.39, 0.29) is 22.0 Å². The molecule has 10 nitrogen and oxygen atoms in total. The van der Waals surface area contributed by atoms with Crippen LogP contribution in [0.25, 0.3) is 44.3 Å². The number of benzene rings is 3. The molecule has 0 saturated carbocycles. The number of ether oxygens (including phenoxy) is 2. The number of halogens is 3. The van der Waals surface area contributed by atoms with Crippen LogP contribution >= 0.6 is 61.8 Å². The molecule has 0 bridgehead atoms. The number of aryl methyl sites for hydroxylation is 1. The molecule has 0 unspecified atom stereocenters. The van der Waals surface area contributed by atoms with Crippen molar-refractivity contribution in [2.75, 3.05) is 43.4 Å². The number of hydrogen-bond acceptors (Lipinski definition) is 11. The summed E-state index contributed by atoms with van der Waals surface area (Å²) in [7, 11) is 3.36. The van der Waals surface area contributed by atoms with Gasteiger partial charge in [-0.05, 0) is 76.4 Å². The van der Waals surface area contributed by atoms with Gasteiger partial charge >= 0.3 is 0 Å². The lowest BCUT2D eigenvalue weighted by molar-refractivity contribution is 0.195. The lowest BCUT2D eigenvalue weighted by Crippen LogP contribution is -2.09. The van der Waals surface area contributed by atoms with Gasteiger partial charge in [0.25, 0.3) is 0 Å². The molecule has 3 aromatic heterocycles. The number of aromatic nitrogens is 3. The minimum atomic E-state index is -0.0644. The number of methoxy groups -OCH3 is 2. The summed E-state index contributed by atoms with van der Waals surface area (Å²) in [5, 5.41) is 35.5. The van der Waals surface area contributed by atoms with Gasteiger partial charge in [0, 0.05) is 76.8 Å². The van der Waals surface area contributed by atoms with E-state index in [4.69, 9.17) is 27.9 Å². The fourth-order valence-corrected chi connectivity index (χ4v) is 7.66. The summed E-state index contributed by atoms with van der Waals surface area (Å²) in [6, 6.07) is 12.5. The number of phenols is 2. The second-order valence-electron chi connectivity index (χ2n) is 12.4. The Morgan fingerprint density at radius 1 is 0.811 bits per heavy atom. The van der Waals surface area contributed by atoms with Gasteiger partial charge in [0.15, 0.2) is 15.7 Å². The summed E-state index contributed by atoms with van der Waals surface area (Å²) in [6.45, 7) is 9.69. The smallest absolute Gasteiger partial charge is 0.190 e. The van der Waals surface area contributed by atoms with Crippen LogP contribution < -0.4 is 16.1 Å². The van der Waals surface area contributed by atoms with Crippen LogP contribution in [0.4, 0.5) is 10.3 Å². The maximum Gasteiger partial charge on any atom is 0.190 e. The molecule has 284 valence electrons. The van der Waals surface area contributed by atoms with Gasteiger partial charge in [0.1, 0.15) is 11.5 Å². The molecule has 0 aliphatic heterocycles. The maximum atomic E-state index is 12.5. The van der Waals surface area contributed by atoms with Crippen LogP contribution in [0.5, 0.6) is 11.5 Å². The molecule has 15 heteroatoms. The highest BCUT2D eigenvalue weighted by Gasteiger charge is 2.14. The van der Waals surface area contributed by atoms with Gasteiger partial charge < -0.3 is 35.3 Å². The third-order valence-corrected chi connectivity index (χ3v) is 10.2. The van der Waals surface area contributed by atoms with E-state index in [1.54, 1.807) is 32.4 Å². The predicted octanol–water partition coefficient (Wildman–Crippen LogP) is 10.6. The first-order valence-electron chi connectivity index (χ1n) is 16.8. The highest BCUT2D eigenvalue weighted by atomic mass is 79.9. The van der Waals surface area contributed by atoms with E-state index in [0.717, 1.165) is 57.6 Å².